The Balaban J connectivity index is 2.34. The summed E-state index contributed by atoms with van der Waals surface area (Å²) in [6.45, 7) is 6.05. The Morgan fingerprint density at radius 1 is 1.60 bits per heavy atom. The number of carbonyl (C=O) groups is 1. The van der Waals surface area contributed by atoms with Crippen molar-refractivity contribution in [3.05, 3.63) is 0 Å². The molecule has 0 aromatic rings. The molecule has 15 heavy (non-hydrogen) atoms. The Hall–Kier alpha value is -0.220. The van der Waals surface area contributed by atoms with Gasteiger partial charge in [0.2, 0.25) is 0 Å². The zero-order valence-electron chi connectivity index (χ0n) is 9.75. The average Bonchev–Trinajstić information content (AvgIpc) is 2.60. The summed E-state index contributed by atoms with van der Waals surface area (Å²) in [7, 11) is 0. The third-order valence-corrected chi connectivity index (χ3v) is 4.89. The molecule has 0 amide bonds. The topological polar surface area (TPSA) is 49.4 Å². The van der Waals surface area contributed by atoms with Crippen molar-refractivity contribution in [1.29, 1.82) is 0 Å². The van der Waals surface area contributed by atoms with Gasteiger partial charge in [0.25, 0.3) is 0 Å². The van der Waals surface area contributed by atoms with Crippen LogP contribution in [0, 0.1) is 5.41 Å². The molecular weight excluding hydrogens is 212 g/mol. The van der Waals surface area contributed by atoms with Crippen LogP contribution in [0.15, 0.2) is 0 Å². The van der Waals surface area contributed by atoms with E-state index >= 15 is 0 Å². The molecule has 1 saturated heterocycles. The highest BCUT2D eigenvalue weighted by Gasteiger charge is 2.33. The second kappa shape index (κ2) is 5.21. The van der Waals surface area contributed by atoms with Crippen molar-refractivity contribution in [1.82, 2.24) is 0 Å². The Bertz CT molecular complexity index is 228. The van der Waals surface area contributed by atoms with Crippen molar-refractivity contribution in [2.45, 2.75) is 45.3 Å². The fraction of sp³-hybridized carbons (Fsp3) is 0.909. The first-order chi connectivity index (χ1) is 6.97. The SMILES string of the molecule is CCC(C)(C)C(=O)OCC1CCC[S+]1[O-]. The standard InChI is InChI=1S/C11H20O3S/c1-4-11(2,3)10(12)14-8-9-6-5-7-15(9)13/h9H,4-8H2,1-3H3. The van der Waals surface area contributed by atoms with E-state index in [2.05, 4.69) is 0 Å². The molecule has 0 radical (unpaired) electrons. The van der Waals surface area contributed by atoms with Crippen LogP contribution in [0.4, 0.5) is 0 Å². The fourth-order valence-corrected chi connectivity index (χ4v) is 2.85. The van der Waals surface area contributed by atoms with Crippen molar-refractivity contribution in [3.8, 4) is 0 Å². The van der Waals surface area contributed by atoms with Crippen molar-refractivity contribution >= 4 is 17.1 Å². The highest BCUT2D eigenvalue weighted by Crippen LogP contribution is 2.24. The minimum absolute atomic E-state index is 0.0709. The lowest BCUT2D eigenvalue weighted by Gasteiger charge is -2.21. The Kier molecular flexibility index (Phi) is 4.46. The maximum Gasteiger partial charge on any atom is 0.311 e. The first-order valence-electron chi connectivity index (χ1n) is 5.52. The zero-order valence-corrected chi connectivity index (χ0v) is 10.6. The van der Waals surface area contributed by atoms with E-state index in [0.29, 0.717) is 6.61 Å². The van der Waals surface area contributed by atoms with E-state index in [1.807, 2.05) is 20.8 Å². The first kappa shape index (κ1) is 12.8. The number of hydrogen-bond donors (Lipinski definition) is 0. The fourth-order valence-electron chi connectivity index (χ4n) is 1.42. The van der Waals surface area contributed by atoms with E-state index in [1.165, 1.54) is 0 Å². The van der Waals surface area contributed by atoms with Crippen LogP contribution >= 0.6 is 0 Å². The zero-order chi connectivity index (χ0) is 11.5. The summed E-state index contributed by atoms with van der Waals surface area (Å²) in [5, 5.41) is 0.0709. The van der Waals surface area contributed by atoms with Crippen molar-refractivity contribution in [3.63, 3.8) is 0 Å². The molecule has 1 rings (SSSR count). The summed E-state index contributed by atoms with van der Waals surface area (Å²) in [6.07, 6.45) is 2.68. The minimum atomic E-state index is -0.783. The van der Waals surface area contributed by atoms with Crippen LogP contribution in [0.1, 0.15) is 40.0 Å². The molecule has 2 atom stereocenters. The second-order valence-corrected chi connectivity index (χ2v) is 6.52. The third kappa shape index (κ3) is 3.38. The summed E-state index contributed by atoms with van der Waals surface area (Å²) < 4.78 is 16.6. The van der Waals surface area contributed by atoms with E-state index < -0.39 is 16.6 Å². The maximum atomic E-state index is 11.6. The van der Waals surface area contributed by atoms with Gasteiger partial charge in [-0.25, -0.2) is 0 Å². The minimum Gasteiger partial charge on any atom is -0.616 e. The molecule has 2 unspecified atom stereocenters. The number of esters is 1. The van der Waals surface area contributed by atoms with Crippen LogP contribution in [-0.4, -0.2) is 28.1 Å². The van der Waals surface area contributed by atoms with Crippen LogP contribution in [0.3, 0.4) is 0 Å². The smallest absolute Gasteiger partial charge is 0.311 e. The van der Waals surface area contributed by atoms with Crippen LogP contribution in [0.5, 0.6) is 0 Å². The number of ether oxygens (including phenoxy) is 1. The van der Waals surface area contributed by atoms with E-state index in [1.54, 1.807) is 0 Å². The molecule has 0 bridgehead atoms. The predicted molar refractivity (Wildman–Crippen MR) is 61.1 cm³/mol. The lowest BCUT2D eigenvalue weighted by atomic mass is 9.91. The normalized spacial score (nSPS) is 26.7. The number of carbonyl (C=O) groups excluding carboxylic acids is 1. The molecule has 4 heteroatoms. The monoisotopic (exact) mass is 232 g/mol. The van der Waals surface area contributed by atoms with Gasteiger partial charge in [-0.1, -0.05) is 6.92 Å². The van der Waals surface area contributed by atoms with Crippen LogP contribution < -0.4 is 0 Å². The number of hydrogen-bond acceptors (Lipinski definition) is 3. The van der Waals surface area contributed by atoms with E-state index in [-0.39, 0.29) is 11.2 Å². The first-order valence-corrected chi connectivity index (χ1v) is 6.90. The van der Waals surface area contributed by atoms with Gasteiger partial charge in [-0.2, -0.15) is 0 Å². The van der Waals surface area contributed by atoms with Gasteiger partial charge in [0.05, 0.1) is 5.41 Å². The summed E-state index contributed by atoms with van der Waals surface area (Å²) in [4.78, 5) is 11.6. The molecule has 0 aliphatic carbocycles. The van der Waals surface area contributed by atoms with Gasteiger partial charge in [-0.3, -0.25) is 4.79 Å². The van der Waals surface area contributed by atoms with Crippen molar-refractivity contribution in [2.75, 3.05) is 12.4 Å². The second-order valence-electron chi connectivity index (χ2n) is 4.69. The number of rotatable bonds is 4. The maximum absolute atomic E-state index is 11.6. The highest BCUT2D eigenvalue weighted by atomic mass is 32.2. The van der Waals surface area contributed by atoms with Gasteiger partial charge in [0.15, 0.2) is 0 Å². The molecule has 1 fully saturated rings. The largest absolute Gasteiger partial charge is 0.616 e. The van der Waals surface area contributed by atoms with Crippen LogP contribution in [0.2, 0.25) is 0 Å². The molecule has 0 spiro atoms. The Morgan fingerprint density at radius 2 is 2.27 bits per heavy atom. The van der Waals surface area contributed by atoms with Gasteiger partial charge in [0, 0.05) is 6.42 Å². The average molecular weight is 232 g/mol. The summed E-state index contributed by atoms with van der Waals surface area (Å²) in [6, 6.07) is 0. The molecule has 0 aromatic heterocycles. The molecule has 1 aliphatic rings. The van der Waals surface area contributed by atoms with Crippen LogP contribution in [0.25, 0.3) is 0 Å². The lowest BCUT2D eigenvalue weighted by molar-refractivity contribution is -0.154. The molecule has 0 N–H and O–H groups in total. The molecule has 1 heterocycles. The van der Waals surface area contributed by atoms with Gasteiger partial charge >= 0.3 is 5.97 Å². The molecule has 0 aromatic carbocycles. The predicted octanol–water partition coefficient (Wildman–Crippen LogP) is 1.88. The summed E-state index contributed by atoms with van der Waals surface area (Å²) in [5.74, 6) is 0.591. The van der Waals surface area contributed by atoms with Crippen molar-refractivity contribution in [2.24, 2.45) is 5.41 Å². The molecule has 3 nitrogen and oxygen atoms in total. The molecule has 1 aliphatic heterocycles. The van der Waals surface area contributed by atoms with Crippen molar-refractivity contribution < 1.29 is 14.1 Å². The molecule has 88 valence electrons. The van der Waals surface area contributed by atoms with E-state index in [0.717, 1.165) is 25.0 Å². The quantitative estimate of drug-likeness (QED) is 0.549. The lowest BCUT2D eigenvalue weighted by Crippen LogP contribution is -2.30. The Labute approximate surface area is 94.8 Å². The summed E-state index contributed by atoms with van der Waals surface area (Å²) >= 11 is -0.783. The summed E-state index contributed by atoms with van der Waals surface area (Å²) in [5.41, 5.74) is -0.417. The molecule has 0 saturated carbocycles. The third-order valence-electron chi connectivity index (χ3n) is 3.08. The van der Waals surface area contributed by atoms with E-state index in [9.17, 15) is 9.35 Å². The van der Waals surface area contributed by atoms with Gasteiger partial charge in [0.1, 0.15) is 17.6 Å². The molecular formula is C11H20O3S. The van der Waals surface area contributed by atoms with Gasteiger partial charge < -0.3 is 9.29 Å². The van der Waals surface area contributed by atoms with E-state index in [4.69, 9.17) is 4.74 Å². The Morgan fingerprint density at radius 3 is 2.73 bits per heavy atom. The van der Waals surface area contributed by atoms with Gasteiger partial charge in [-0.15, -0.1) is 0 Å². The van der Waals surface area contributed by atoms with Crippen LogP contribution in [-0.2, 0) is 20.7 Å². The van der Waals surface area contributed by atoms with Gasteiger partial charge in [-0.05, 0) is 37.9 Å². The highest BCUT2D eigenvalue weighted by molar-refractivity contribution is 7.92.